The van der Waals surface area contributed by atoms with Gasteiger partial charge in [0.15, 0.2) is 0 Å². The number of amides is 2. The summed E-state index contributed by atoms with van der Waals surface area (Å²) >= 11 is 1.95. The number of benzene rings is 1. The second kappa shape index (κ2) is 9.31. The fourth-order valence-corrected chi connectivity index (χ4v) is 7.09. The number of nitrogens with one attached hydrogen (secondary N) is 1. The number of anilines is 2. The number of fused-ring (bicyclic) bond motifs is 1. The van der Waals surface area contributed by atoms with E-state index in [-0.39, 0.29) is 23.9 Å². The molecular weight excluding hydrogens is 394 g/mol. The van der Waals surface area contributed by atoms with Crippen molar-refractivity contribution in [1.29, 1.82) is 0 Å². The summed E-state index contributed by atoms with van der Waals surface area (Å²) in [5, 5.41) is 4.23. The normalized spacial score (nSPS) is 30.5. The van der Waals surface area contributed by atoms with E-state index >= 15 is 0 Å². The maximum Gasteiger partial charge on any atom is 0.245 e. The van der Waals surface area contributed by atoms with Crippen LogP contribution in [0.15, 0.2) is 24.3 Å². The summed E-state index contributed by atoms with van der Waals surface area (Å²) in [5.74, 6) is 0.798. The van der Waals surface area contributed by atoms with Crippen molar-refractivity contribution in [2.24, 2.45) is 5.92 Å². The van der Waals surface area contributed by atoms with Gasteiger partial charge >= 0.3 is 0 Å². The summed E-state index contributed by atoms with van der Waals surface area (Å²) in [6.45, 7) is 6.36. The topological polar surface area (TPSA) is 52.7 Å². The molecule has 1 saturated carbocycles. The molecule has 164 valence electrons. The van der Waals surface area contributed by atoms with Gasteiger partial charge in [0.05, 0.1) is 22.8 Å². The van der Waals surface area contributed by atoms with E-state index in [0.717, 1.165) is 11.4 Å². The zero-order valence-electron chi connectivity index (χ0n) is 18.5. The molecule has 2 aliphatic heterocycles. The fourth-order valence-electron chi connectivity index (χ4n) is 5.55. The third-order valence-electron chi connectivity index (χ3n) is 6.91. The molecule has 5 nitrogen and oxygen atoms in total. The van der Waals surface area contributed by atoms with Gasteiger partial charge in [-0.05, 0) is 44.7 Å². The van der Waals surface area contributed by atoms with Gasteiger partial charge in [0, 0.05) is 18.7 Å². The molecule has 0 bridgehead atoms. The van der Waals surface area contributed by atoms with Crippen LogP contribution in [0.2, 0.25) is 0 Å². The minimum Gasteiger partial charge on any atom is -0.307 e. The van der Waals surface area contributed by atoms with Crippen LogP contribution in [-0.2, 0) is 9.59 Å². The molecule has 0 aromatic heterocycles. The van der Waals surface area contributed by atoms with Crippen LogP contribution in [0.3, 0.4) is 0 Å². The van der Waals surface area contributed by atoms with Gasteiger partial charge in [0.25, 0.3) is 0 Å². The van der Waals surface area contributed by atoms with E-state index in [1.54, 1.807) is 6.92 Å². The Kier molecular flexibility index (Phi) is 6.73. The highest BCUT2D eigenvalue weighted by atomic mass is 32.2. The van der Waals surface area contributed by atoms with E-state index in [0.29, 0.717) is 23.1 Å². The molecule has 3 unspecified atom stereocenters. The van der Waals surface area contributed by atoms with E-state index in [1.807, 2.05) is 52.8 Å². The third kappa shape index (κ3) is 4.26. The number of thioether (sulfide) groups is 1. The van der Waals surface area contributed by atoms with Crippen LogP contribution < -0.4 is 15.1 Å². The standard InChI is InChI=1S/C24H35N3O2S/c1-16-15-26(20-13-9-10-14-21(20)27(16)18(3)28)24(29)22-23(30-17(2)25-22)19-11-7-5-4-6-8-12-19/h9-10,13-14,16-17,19,22-23,25H,4-8,11-12,15H2,1-3H3/t16-,17?,22?,23?/m0/s1. The first-order valence-electron chi connectivity index (χ1n) is 11.6. The van der Waals surface area contributed by atoms with Gasteiger partial charge in [0.1, 0.15) is 6.04 Å². The Morgan fingerprint density at radius 3 is 2.30 bits per heavy atom. The number of hydrogen-bond acceptors (Lipinski definition) is 4. The lowest BCUT2D eigenvalue weighted by molar-refractivity contribution is -0.121. The SMILES string of the molecule is CC(=O)N1c2ccccc2N(C(=O)C2NC(C)SC2C2CCCCCCC2)C[C@@H]1C. The molecule has 30 heavy (non-hydrogen) atoms. The highest BCUT2D eigenvalue weighted by Crippen LogP contribution is 2.41. The largest absolute Gasteiger partial charge is 0.307 e. The molecule has 1 saturated heterocycles. The Bertz CT molecular complexity index is 777. The predicted octanol–water partition coefficient (Wildman–Crippen LogP) is 4.55. The number of nitrogens with zero attached hydrogens (tertiary/aromatic N) is 2. The van der Waals surface area contributed by atoms with Crippen LogP contribution in [-0.4, -0.2) is 41.1 Å². The zero-order chi connectivity index (χ0) is 21.3. The summed E-state index contributed by atoms with van der Waals surface area (Å²) in [5.41, 5.74) is 1.71. The van der Waals surface area contributed by atoms with Crippen molar-refractivity contribution in [2.75, 3.05) is 16.3 Å². The van der Waals surface area contributed by atoms with Gasteiger partial charge in [0.2, 0.25) is 11.8 Å². The lowest BCUT2D eigenvalue weighted by Gasteiger charge is -2.42. The van der Waals surface area contributed by atoms with Crippen LogP contribution in [0.5, 0.6) is 0 Å². The predicted molar refractivity (Wildman–Crippen MR) is 125 cm³/mol. The molecule has 2 fully saturated rings. The van der Waals surface area contributed by atoms with Gasteiger partial charge in [-0.3, -0.25) is 14.9 Å². The Hall–Kier alpha value is -1.53. The molecular formula is C24H35N3O2S. The summed E-state index contributed by atoms with van der Waals surface area (Å²) in [6, 6.07) is 7.65. The summed E-state index contributed by atoms with van der Waals surface area (Å²) in [6.07, 6.45) is 9.06. The van der Waals surface area contributed by atoms with Crippen molar-refractivity contribution in [3.63, 3.8) is 0 Å². The van der Waals surface area contributed by atoms with E-state index in [9.17, 15) is 9.59 Å². The molecule has 0 radical (unpaired) electrons. The Morgan fingerprint density at radius 2 is 1.63 bits per heavy atom. The van der Waals surface area contributed by atoms with Crippen LogP contribution in [0.1, 0.15) is 65.7 Å². The van der Waals surface area contributed by atoms with Gasteiger partial charge in [-0.25, -0.2) is 0 Å². The third-order valence-corrected chi connectivity index (χ3v) is 8.43. The molecule has 4 rings (SSSR count). The van der Waals surface area contributed by atoms with Crippen molar-refractivity contribution in [1.82, 2.24) is 5.32 Å². The van der Waals surface area contributed by atoms with E-state index in [2.05, 4.69) is 12.2 Å². The number of carbonyl (C=O) groups is 2. The zero-order valence-corrected chi connectivity index (χ0v) is 19.3. The van der Waals surface area contributed by atoms with Gasteiger partial charge in [-0.1, -0.05) is 44.2 Å². The Balaban J connectivity index is 1.60. The number of para-hydroxylation sites is 2. The molecule has 2 heterocycles. The van der Waals surface area contributed by atoms with E-state index in [1.165, 1.54) is 44.9 Å². The Labute approximate surface area is 184 Å². The molecule has 1 N–H and O–H groups in total. The average molecular weight is 430 g/mol. The van der Waals surface area contributed by atoms with Crippen LogP contribution in [0, 0.1) is 5.92 Å². The fraction of sp³-hybridized carbons (Fsp3) is 0.667. The molecule has 1 aromatic rings. The van der Waals surface area contributed by atoms with E-state index < -0.39 is 0 Å². The van der Waals surface area contributed by atoms with Crippen LogP contribution in [0.25, 0.3) is 0 Å². The van der Waals surface area contributed by atoms with Gasteiger partial charge in [-0.15, -0.1) is 11.8 Å². The maximum absolute atomic E-state index is 13.9. The van der Waals surface area contributed by atoms with Crippen molar-refractivity contribution in [2.45, 2.75) is 88.4 Å². The average Bonchev–Trinajstić information content (AvgIpc) is 3.07. The summed E-state index contributed by atoms with van der Waals surface area (Å²) < 4.78 is 0. The molecule has 3 aliphatic rings. The van der Waals surface area contributed by atoms with Crippen molar-refractivity contribution in [3.05, 3.63) is 24.3 Å². The molecule has 2 amide bonds. The lowest BCUT2D eigenvalue weighted by atomic mass is 9.85. The monoisotopic (exact) mass is 429 g/mol. The van der Waals surface area contributed by atoms with Crippen molar-refractivity contribution >= 4 is 35.0 Å². The number of rotatable bonds is 2. The van der Waals surface area contributed by atoms with Crippen molar-refractivity contribution < 1.29 is 9.59 Å². The lowest BCUT2D eigenvalue weighted by Crippen LogP contribution is -2.57. The second-order valence-electron chi connectivity index (χ2n) is 9.17. The highest BCUT2D eigenvalue weighted by Gasteiger charge is 2.45. The van der Waals surface area contributed by atoms with Gasteiger partial charge < -0.3 is 9.80 Å². The summed E-state index contributed by atoms with van der Waals surface area (Å²) in [7, 11) is 0. The first-order chi connectivity index (χ1) is 14.5. The smallest absolute Gasteiger partial charge is 0.245 e. The molecule has 4 atom stereocenters. The molecule has 1 aliphatic carbocycles. The van der Waals surface area contributed by atoms with Crippen LogP contribution in [0.4, 0.5) is 11.4 Å². The Morgan fingerprint density at radius 1 is 1.00 bits per heavy atom. The highest BCUT2D eigenvalue weighted by molar-refractivity contribution is 8.00. The van der Waals surface area contributed by atoms with Crippen molar-refractivity contribution in [3.8, 4) is 0 Å². The van der Waals surface area contributed by atoms with Crippen LogP contribution >= 0.6 is 11.8 Å². The summed E-state index contributed by atoms with van der Waals surface area (Å²) in [4.78, 5) is 29.9. The number of hydrogen-bond donors (Lipinski definition) is 1. The maximum atomic E-state index is 13.9. The minimum absolute atomic E-state index is 0.0256. The molecule has 6 heteroatoms. The minimum atomic E-state index is -0.154. The van der Waals surface area contributed by atoms with E-state index in [4.69, 9.17) is 0 Å². The first kappa shape index (κ1) is 21.7. The first-order valence-corrected chi connectivity index (χ1v) is 12.5. The molecule has 1 aromatic carbocycles. The molecule has 0 spiro atoms. The number of carbonyl (C=O) groups excluding carboxylic acids is 2. The quantitative estimate of drug-likeness (QED) is 0.749. The van der Waals surface area contributed by atoms with Gasteiger partial charge in [-0.2, -0.15) is 0 Å². The second-order valence-corrected chi connectivity index (χ2v) is 10.7.